The minimum Gasteiger partial charge on any atom is -0.490 e. The Balaban J connectivity index is 1.60. The molecule has 0 spiro atoms. The van der Waals surface area contributed by atoms with Crippen LogP contribution in [0, 0.1) is 13.8 Å². The van der Waals surface area contributed by atoms with E-state index in [1.54, 1.807) is 6.21 Å². The first kappa shape index (κ1) is 23.9. The topological polar surface area (TPSA) is 52.9 Å². The first-order valence-corrected chi connectivity index (χ1v) is 11.5. The molecule has 1 aromatic carbocycles. The number of aryl methyl sites for hydroxylation is 2. The summed E-state index contributed by atoms with van der Waals surface area (Å²) in [5.74, 6) is 0.963. The highest BCUT2D eigenvalue weighted by molar-refractivity contribution is 7.11. The van der Waals surface area contributed by atoms with Crippen molar-refractivity contribution in [1.29, 1.82) is 0 Å². The Labute approximate surface area is 184 Å². The van der Waals surface area contributed by atoms with Gasteiger partial charge in [0.2, 0.25) is 0 Å². The normalized spacial score (nSPS) is 11.5. The maximum absolute atomic E-state index is 5.78. The summed E-state index contributed by atoms with van der Waals surface area (Å²) < 4.78 is 11.5. The molecule has 6 heteroatoms. The van der Waals surface area contributed by atoms with Crippen LogP contribution >= 0.6 is 11.3 Å². The molecule has 0 aliphatic carbocycles. The van der Waals surface area contributed by atoms with Gasteiger partial charge in [-0.1, -0.05) is 47.9 Å². The second-order valence-corrected chi connectivity index (χ2v) is 8.06. The van der Waals surface area contributed by atoms with E-state index in [-0.39, 0.29) is 0 Å². The SMILES string of the molecule is C/C=C/COc1cc(C)c(CCCCCCCOc2nc(C=NOC)cs2)c(C)c1. The largest absolute Gasteiger partial charge is 0.490 e. The minimum absolute atomic E-state index is 0.629. The zero-order chi connectivity index (χ0) is 21.6. The Morgan fingerprint density at radius 2 is 1.77 bits per heavy atom. The van der Waals surface area contributed by atoms with E-state index < -0.39 is 0 Å². The zero-order valence-electron chi connectivity index (χ0n) is 18.6. The number of oxime groups is 1. The second-order valence-electron chi connectivity index (χ2n) is 7.24. The van der Waals surface area contributed by atoms with Gasteiger partial charge in [0.05, 0.1) is 18.5 Å². The molecule has 1 aromatic heterocycles. The van der Waals surface area contributed by atoms with Gasteiger partial charge < -0.3 is 14.3 Å². The number of aromatic nitrogens is 1. The highest BCUT2D eigenvalue weighted by atomic mass is 32.1. The van der Waals surface area contributed by atoms with Crippen molar-refractivity contribution in [2.24, 2.45) is 5.16 Å². The lowest BCUT2D eigenvalue weighted by Crippen LogP contribution is -1.99. The monoisotopic (exact) mass is 430 g/mol. The summed E-state index contributed by atoms with van der Waals surface area (Å²) in [5, 5.41) is 6.30. The van der Waals surface area contributed by atoms with Crippen LogP contribution in [0.5, 0.6) is 10.9 Å². The minimum atomic E-state index is 0.629. The van der Waals surface area contributed by atoms with Crippen molar-refractivity contribution >= 4 is 17.6 Å². The van der Waals surface area contributed by atoms with Gasteiger partial charge in [-0.25, -0.2) is 4.98 Å². The predicted molar refractivity (Wildman–Crippen MR) is 125 cm³/mol. The van der Waals surface area contributed by atoms with Crippen molar-refractivity contribution < 1.29 is 14.3 Å². The molecule has 0 amide bonds. The van der Waals surface area contributed by atoms with Crippen molar-refractivity contribution in [2.45, 2.75) is 59.3 Å². The quantitative estimate of drug-likeness (QED) is 0.153. The summed E-state index contributed by atoms with van der Waals surface area (Å²) >= 11 is 1.49. The number of rotatable bonds is 14. The first-order chi connectivity index (χ1) is 14.6. The maximum atomic E-state index is 5.78. The maximum Gasteiger partial charge on any atom is 0.273 e. The number of nitrogens with zero attached hydrogens (tertiary/aromatic N) is 2. The van der Waals surface area contributed by atoms with E-state index in [9.17, 15) is 0 Å². The number of unbranched alkanes of at least 4 members (excludes halogenated alkanes) is 4. The number of hydrogen-bond acceptors (Lipinski definition) is 6. The molecule has 2 rings (SSSR count). The van der Waals surface area contributed by atoms with E-state index in [2.05, 4.69) is 41.0 Å². The van der Waals surface area contributed by atoms with Crippen LogP contribution in [0.2, 0.25) is 0 Å². The van der Waals surface area contributed by atoms with E-state index in [1.807, 2.05) is 24.5 Å². The molecular weight excluding hydrogens is 396 g/mol. The number of thiazole rings is 1. The summed E-state index contributed by atoms with van der Waals surface area (Å²) in [5.41, 5.74) is 4.89. The molecule has 0 aliphatic rings. The van der Waals surface area contributed by atoms with Crippen LogP contribution in [0.1, 0.15) is 61.4 Å². The third-order valence-corrected chi connectivity index (χ3v) is 5.61. The van der Waals surface area contributed by atoms with Crippen LogP contribution in [0.25, 0.3) is 0 Å². The van der Waals surface area contributed by atoms with Crippen LogP contribution in [0.4, 0.5) is 0 Å². The lowest BCUT2D eigenvalue weighted by molar-refractivity contribution is 0.215. The van der Waals surface area contributed by atoms with Gasteiger partial charge in [-0.05, 0) is 68.9 Å². The highest BCUT2D eigenvalue weighted by Gasteiger charge is 2.06. The molecular formula is C24H34N2O3S. The van der Waals surface area contributed by atoms with Crippen molar-refractivity contribution in [2.75, 3.05) is 20.3 Å². The average molecular weight is 431 g/mol. The standard InChI is InChI=1S/C24H34N2O3S/c1-5-6-13-28-22-15-19(2)23(20(3)16-22)12-10-8-7-9-11-14-29-24-26-21(18-30-24)17-25-27-4/h5-6,15-18H,7-14H2,1-4H3/b6-5+,25-17?. The molecule has 0 atom stereocenters. The van der Waals surface area contributed by atoms with Crippen LogP contribution in [-0.2, 0) is 11.3 Å². The molecule has 164 valence electrons. The molecule has 0 radical (unpaired) electrons. The molecule has 0 unspecified atom stereocenters. The summed E-state index contributed by atoms with van der Waals surface area (Å²) in [6.45, 7) is 7.72. The van der Waals surface area contributed by atoms with Crippen LogP contribution in [0.3, 0.4) is 0 Å². The molecule has 5 nitrogen and oxygen atoms in total. The lowest BCUT2D eigenvalue weighted by atomic mass is 9.96. The highest BCUT2D eigenvalue weighted by Crippen LogP contribution is 2.24. The summed E-state index contributed by atoms with van der Waals surface area (Å²) in [6, 6.07) is 4.32. The van der Waals surface area contributed by atoms with Gasteiger partial charge in [-0.2, -0.15) is 0 Å². The number of allylic oxidation sites excluding steroid dienone is 1. The van der Waals surface area contributed by atoms with E-state index in [0.717, 1.165) is 24.3 Å². The summed E-state index contributed by atoms with van der Waals surface area (Å²) in [6.07, 6.45) is 12.7. The number of ether oxygens (including phenoxy) is 2. The second kappa shape index (κ2) is 13.8. The Morgan fingerprint density at radius 1 is 1.03 bits per heavy atom. The molecule has 0 N–H and O–H groups in total. The van der Waals surface area contributed by atoms with Crippen LogP contribution < -0.4 is 9.47 Å². The Morgan fingerprint density at radius 3 is 2.50 bits per heavy atom. The fraction of sp³-hybridized carbons (Fsp3) is 0.500. The zero-order valence-corrected chi connectivity index (χ0v) is 19.5. The van der Waals surface area contributed by atoms with Crippen molar-refractivity contribution in [3.8, 4) is 10.9 Å². The van der Waals surface area contributed by atoms with Gasteiger partial charge in [0.15, 0.2) is 0 Å². The van der Waals surface area contributed by atoms with Gasteiger partial charge in [0.1, 0.15) is 19.5 Å². The Hall–Kier alpha value is -2.34. The summed E-state index contributed by atoms with van der Waals surface area (Å²) in [4.78, 5) is 8.98. The van der Waals surface area contributed by atoms with Crippen molar-refractivity contribution in [3.63, 3.8) is 0 Å². The van der Waals surface area contributed by atoms with Gasteiger partial charge >= 0.3 is 0 Å². The van der Waals surface area contributed by atoms with Crippen molar-refractivity contribution in [1.82, 2.24) is 4.98 Å². The van der Waals surface area contributed by atoms with E-state index in [1.165, 1.54) is 60.8 Å². The molecule has 0 bridgehead atoms. The Kier molecular flexibility index (Phi) is 11.0. The molecule has 0 saturated heterocycles. The average Bonchev–Trinajstić information content (AvgIpc) is 3.18. The smallest absolute Gasteiger partial charge is 0.273 e. The summed E-state index contributed by atoms with van der Waals surface area (Å²) in [7, 11) is 1.51. The molecule has 1 heterocycles. The number of benzene rings is 1. The molecule has 30 heavy (non-hydrogen) atoms. The molecule has 0 fully saturated rings. The number of hydrogen-bond donors (Lipinski definition) is 0. The first-order valence-electron chi connectivity index (χ1n) is 10.6. The van der Waals surface area contributed by atoms with Gasteiger partial charge in [0.25, 0.3) is 5.19 Å². The third kappa shape index (κ3) is 8.57. The van der Waals surface area contributed by atoms with Gasteiger partial charge in [-0.3, -0.25) is 0 Å². The van der Waals surface area contributed by atoms with Crippen LogP contribution in [0.15, 0.2) is 34.8 Å². The molecule has 0 aliphatic heterocycles. The van der Waals surface area contributed by atoms with Crippen molar-refractivity contribution in [3.05, 3.63) is 52.0 Å². The van der Waals surface area contributed by atoms with E-state index in [4.69, 9.17) is 9.47 Å². The lowest BCUT2D eigenvalue weighted by Gasteiger charge is -2.13. The third-order valence-electron chi connectivity index (χ3n) is 4.84. The van der Waals surface area contributed by atoms with E-state index in [0.29, 0.717) is 18.4 Å². The van der Waals surface area contributed by atoms with Gasteiger partial charge in [-0.15, -0.1) is 0 Å². The van der Waals surface area contributed by atoms with Gasteiger partial charge in [0, 0.05) is 5.38 Å². The Bertz CT molecular complexity index is 792. The fourth-order valence-corrected chi connectivity index (χ4v) is 3.91. The predicted octanol–water partition coefficient (Wildman–Crippen LogP) is 6.27. The van der Waals surface area contributed by atoms with Crippen LogP contribution in [-0.4, -0.2) is 31.5 Å². The molecule has 0 saturated carbocycles. The fourth-order valence-electron chi connectivity index (χ4n) is 3.27. The molecule has 2 aromatic rings. The van der Waals surface area contributed by atoms with E-state index >= 15 is 0 Å².